The summed E-state index contributed by atoms with van der Waals surface area (Å²) in [5.74, 6) is 1.64. The predicted octanol–water partition coefficient (Wildman–Crippen LogP) is 2.16. The van der Waals surface area contributed by atoms with Crippen LogP contribution in [0.3, 0.4) is 0 Å². The molecule has 124 valence electrons. The molecule has 0 saturated heterocycles. The lowest BCUT2D eigenvalue weighted by molar-refractivity contribution is 0.0927. The number of aryl methyl sites for hydroxylation is 2. The molecular weight excluding hydrogens is 318 g/mol. The van der Waals surface area contributed by atoms with Crippen molar-refractivity contribution in [3.05, 3.63) is 28.7 Å². The Labute approximate surface area is 139 Å². The average molecular weight is 338 g/mol. The van der Waals surface area contributed by atoms with E-state index in [9.17, 15) is 4.79 Å². The highest BCUT2D eigenvalue weighted by molar-refractivity contribution is 6.33. The second-order valence-corrected chi connectivity index (χ2v) is 6.37. The standard InChI is InChI=1S/C15H20ClN5O2/c1-3-12-19-20-13(23-12)7-9-4-5-10(6-9)18-15(22)14-11(16)8-17-21(14)2/h8-10H,3-7H2,1-2H3,(H,18,22)/t9-,10+/m1/s1. The molecule has 2 aromatic heterocycles. The molecule has 8 heteroatoms. The molecule has 1 aliphatic carbocycles. The van der Waals surface area contributed by atoms with Crippen LogP contribution in [0.15, 0.2) is 10.6 Å². The molecular formula is C15H20ClN5O2. The Morgan fingerprint density at radius 3 is 2.87 bits per heavy atom. The second kappa shape index (κ2) is 6.70. The molecule has 0 spiro atoms. The summed E-state index contributed by atoms with van der Waals surface area (Å²) in [6.07, 6.45) is 5.89. The summed E-state index contributed by atoms with van der Waals surface area (Å²) in [4.78, 5) is 12.3. The third-order valence-corrected chi connectivity index (χ3v) is 4.54. The first-order valence-corrected chi connectivity index (χ1v) is 8.24. The lowest BCUT2D eigenvalue weighted by Crippen LogP contribution is -2.34. The summed E-state index contributed by atoms with van der Waals surface area (Å²) < 4.78 is 7.06. The molecule has 0 aliphatic heterocycles. The van der Waals surface area contributed by atoms with E-state index in [2.05, 4.69) is 20.6 Å². The largest absolute Gasteiger partial charge is 0.425 e. The van der Waals surface area contributed by atoms with Crippen molar-refractivity contribution in [2.75, 3.05) is 0 Å². The molecule has 23 heavy (non-hydrogen) atoms. The number of hydrogen-bond donors (Lipinski definition) is 1. The van der Waals surface area contributed by atoms with Crippen LogP contribution >= 0.6 is 11.6 Å². The van der Waals surface area contributed by atoms with Gasteiger partial charge in [0.05, 0.1) is 11.2 Å². The van der Waals surface area contributed by atoms with Crippen molar-refractivity contribution in [2.24, 2.45) is 13.0 Å². The quantitative estimate of drug-likeness (QED) is 0.903. The summed E-state index contributed by atoms with van der Waals surface area (Å²) >= 11 is 6.01. The number of carbonyl (C=O) groups excluding carboxylic acids is 1. The molecule has 1 aliphatic rings. The third kappa shape index (κ3) is 3.55. The smallest absolute Gasteiger partial charge is 0.271 e. The van der Waals surface area contributed by atoms with Crippen LogP contribution in [-0.4, -0.2) is 31.9 Å². The van der Waals surface area contributed by atoms with Gasteiger partial charge in [-0.25, -0.2) is 0 Å². The number of halogens is 1. The third-order valence-electron chi connectivity index (χ3n) is 4.26. The van der Waals surface area contributed by atoms with E-state index in [4.69, 9.17) is 16.0 Å². The molecule has 1 N–H and O–H groups in total. The Bertz CT molecular complexity index is 676. The van der Waals surface area contributed by atoms with E-state index >= 15 is 0 Å². The Kier molecular flexibility index (Phi) is 4.66. The molecule has 0 aromatic carbocycles. The van der Waals surface area contributed by atoms with Crippen molar-refractivity contribution in [3.8, 4) is 0 Å². The van der Waals surface area contributed by atoms with Crippen LogP contribution in [-0.2, 0) is 19.9 Å². The van der Waals surface area contributed by atoms with Gasteiger partial charge < -0.3 is 9.73 Å². The Hall–Kier alpha value is -1.89. The zero-order chi connectivity index (χ0) is 16.4. The van der Waals surface area contributed by atoms with Crippen LogP contribution in [0, 0.1) is 5.92 Å². The van der Waals surface area contributed by atoms with Crippen LogP contribution in [0.25, 0.3) is 0 Å². The number of carbonyl (C=O) groups is 1. The highest BCUT2D eigenvalue weighted by Gasteiger charge is 2.28. The van der Waals surface area contributed by atoms with Gasteiger partial charge >= 0.3 is 0 Å². The maximum Gasteiger partial charge on any atom is 0.271 e. The molecule has 2 heterocycles. The predicted molar refractivity (Wildman–Crippen MR) is 84.2 cm³/mol. The zero-order valence-corrected chi connectivity index (χ0v) is 14.0. The van der Waals surface area contributed by atoms with E-state index in [0.29, 0.717) is 28.4 Å². The van der Waals surface area contributed by atoms with Gasteiger partial charge in [0.25, 0.3) is 5.91 Å². The molecule has 1 amide bonds. The molecule has 1 fully saturated rings. The summed E-state index contributed by atoms with van der Waals surface area (Å²) in [5, 5.41) is 15.5. The molecule has 0 unspecified atom stereocenters. The van der Waals surface area contributed by atoms with Gasteiger partial charge in [0.15, 0.2) is 0 Å². The van der Waals surface area contributed by atoms with Crippen LogP contribution in [0.1, 0.15) is 48.5 Å². The molecule has 2 aromatic rings. The van der Waals surface area contributed by atoms with Crippen molar-refractivity contribution < 1.29 is 9.21 Å². The van der Waals surface area contributed by atoms with Gasteiger partial charge in [0, 0.05) is 25.9 Å². The van der Waals surface area contributed by atoms with Crippen molar-refractivity contribution >= 4 is 17.5 Å². The minimum absolute atomic E-state index is 0.145. The Morgan fingerprint density at radius 2 is 2.22 bits per heavy atom. The number of nitrogens with zero attached hydrogens (tertiary/aromatic N) is 4. The van der Waals surface area contributed by atoms with E-state index in [1.54, 1.807) is 7.05 Å². The van der Waals surface area contributed by atoms with E-state index in [1.165, 1.54) is 10.9 Å². The van der Waals surface area contributed by atoms with Gasteiger partial charge in [-0.2, -0.15) is 5.10 Å². The van der Waals surface area contributed by atoms with Gasteiger partial charge in [-0.3, -0.25) is 9.48 Å². The summed E-state index contributed by atoms with van der Waals surface area (Å²) in [6.45, 7) is 1.99. The lowest BCUT2D eigenvalue weighted by atomic mass is 10.0. The van der Waals surface area contributed by atoms with Crippen LogP contribution in [0.2, 0.25) is 5.02 Å². The van der Waals surface area contributed by atoms with Crippen molar-refractivity contribution in [2.45, 2.75) is 45.1 Å². The number of aromatic nitrogens is 4. The van der Waals surface area contributed by atoms with Gasteiger partial charge in [-0.15, -0.1) is 10.2 Å². The fraction of sp³-hybridized carbons (Fsp3) is 0.600. The highest BCUT2D eigenvalue weighted by atomic mass is 35.5. The maximum absolute atomic E-state index is 12.3. The first-order chi connectivity index (χ1) is 11.1. The molecule has 0 bridgehead atoms. The molecule has 1 saturated carbocycles. The van der Waals surface area contributed by atoms with E-state index in [1.807, 2.05) is 6.92 Å². The lowest BCUT2D eigenvalue weighted by Gasteiger charge is -2.13. The van der Waals surface area contributed by atoms with Crippen molar-refractivity contribution in [3.63, 3.8) is 0 Å². The summed E-state index contributed by atoms with van der Waals surface area (Å²) in [6, 6.07) is 0.145. The minimum Gasteiger partial charge on any atom is -0.425 e. The number of hydrogen-bond acceptors (Lipinski definition) is 5. The molecule has 2 atom stereocenters. The van der Waals surface area contributed by atoms with E-state index in [-0.39, 0.29) is 11.9 Å². The molecule has 3 rings (SSSR count). The fourth-order valence-corrected chi connectivity index (χ4v) is 3.32. The second-order valence-electron chi connectivity index (χ2n) is 5.96. The van der Waals surface area contributed by atoms with Gasteiger partial charge in [-0.1, -0.05) is 18.5 Å². The zero-order valence-electron chi connectivity index (χ0n) is 13.3. The normalized spacial score (nSPS) is 20.8. The average Bonchev–Trinajstić information content (AvgIpc) is 3.21. The van der Waals surface area contributed by atoms with Gasteiger partial charge in [0.2, 0.25) is 11.8 Å². The van der Waals surface area contributed by atoms with E-state index < -0.39 is 0 Å². The minimum atomic E-state index is -0.174. The van der Waals surface area contributed by atoms with Crippen molar-refractivity contribution in [1.82, 2.24) is 25.3 Å². The Balaban J connectivity index is 1.54. The number of amides is 1. The van der Waals surface area contributed by atoms with Gasteiger partial charge in [0.1, 0.15) is 5.69 Å². The molecule has 7 nitrogen and oxygen atoms in total. The summed E-state index contributed by atoms with van der Waals surface area (Å²) in [5.41, 5.74) is 0.402. The number of nitrogens with one attached hydrogen (secondary N) is 1. The van der Waals surface area contributed by atoms with E-state index in [0.717, 1.165) is 32.1 Å². The van der Waals surface area contributed by atoms with Crippen molar-refractivity contribution in [1.29, 1.82) is 0 Å². The van der Waals surface area contributed by atoms with Crippen LogP contribution < -0.4 is 5.32 Å². The first kappa shape index (κ1) is 16.0. The SMILES string of the molecule is CCc1nnc(C[C@@H]2CC[C@H](NC(=O)c3c(Cl)cnn3C)C2)o1. The monoisotopic (exact) mass is 337 g/mol. The maximum atomic E-state index is 12.3. The van der Waals surface area contributed by atoms with Crippen LogP contribution in [0.5, 0.6) is 0 Å². The summed E-state index contributed by atoms with van der Waals surface area (Å²) in [7, 11) is 1.71. The molecule has 0 radical (unpaired) electrons. The highest BCUT2D eigenvalue weighted by Crippen LogP contribution is 2.29. The Morgan fingerprint density at radius 1 is 1.43 bits per heavy atom. The van der Waals surface area contributed by atoms with Crippen LogP contribution in [0.4, 0.5) is 0 Å². The number of rotatable bonds is 5. The fourth-order valence-electron chi connectivity index (χ4n) is 3.07. The van der Waals surface area contributed by atoms with Gasteiger partial charge in [-0.05, 0) is 25.2 Å². The topological polar surface area (TPSA) is 85.8 Å². The first-order valence-electron chi connectivity index (χ1n) is 7.86.